The van der Waals surface area contributed by atoms with Gasteiger partial charge in [-0.1, -0.05) is 0 Å². The maximum absolute atomic E-state index is 10.7. The fourth-order valence-electron chi connectivity index (χ4n) is 1.25. The van der Waals surface area contributed by atoms with Crippen molar-refractivity contribution in [2.45, 2.75) is 19.9 Å². The first kappa shape index (κ1) is 12.2. The van der Waals surface area contributed by atoms with Crippen LogP contribution in [0.3, 0.4) is 0 Å². The zero-order valence-corrected chi connectivity index (χ0v) is 9.56. The molecule has 0 fully saturated rings. The molecular weight excluding hydrogens is 212 g/mol. The van der Waals surface area contributed by atoms with Crippen molar-refractivity contribution in [3.05, 3.63) is 21.4 Å². The number of carboxylic acids is 1. The SMILES string of the molecule is Cc1sc(C(=O)O)cc1CNCCCN. The maximum Gasteiger partial charge on any atom is 0.345 e. The van der Waals surface area contributed by atoms with Gasteiger partial charge < -0.3 is 16.2 Å². The Labute approximate surface area is 93.1 Å². The van der Waals surface area contributed by atoms with E-state index in [4.69, 9.17) is 10.8 Å². The molecule has 0 amide bonds. The largest absolute Gasteiger partial charge is 0.477 e. The quantitative estimate of drug-likeness (QED) is 0.639. The summed E-state index contributed by atoms with van der Waals surface area (Å²) in [6, 6.07) is 1.73. The Balaban J connectivity index is 2.50. The predicted molar refractivity (Wildman–Crippen MR) is 61.4 cm³/mol. The van der Waals surface area contributed by atoms with E-state index in [2.05, 4.69) is 5.32 Å². The first-order valence-corrected chi connectivity index (χ1v) is 5.70. The smallest absolute Gasteiger partial charge is 0.345 e. The second-order valence-electron chi connectivity index (χ2n) is 3.32. The lowest BCUT2D eigenvalue weighted by Crippen LogP contribution is -2.17. The van der Waals surface area contributed by atoms with E-state index in [0.29, 0.717) is 11.4 Å². The van der Waals surface area contributed by atoms with Gasteiger partial charge in [0.25, 0.3) is 0 Å². The second-order valence-corrected chi connectivity index (χ2v) is 4.57. The summed E-state index contributed by atoms with van der Waals surface area (Å²) < 4.78 is 0. The molecule has 0 spiro atoms. The molecule has 1 aromatic heterocycles. The second kappa shape index (κ2) is 5.85. The van der Waals surface area contributed by atoms with Crippen LogP contribution in [0.1, 0.15) is 26.5 Å². The van der Waals surface area contributed by atoms with Gasteiger partial charge >= 0.3 is 5.97 Å². The van der Waals surface area contributed by atoms with Gasteiger partial charge in [-0.15, -0.1) is 11.3 Å². The van der Waals surface area contributed by atoms with Crippen molar-refractivity contribution < 1.29 is 9.90 Å². The zero-order valence-electron chi connectivity index (χ0n) is 8.75. The summed E-state index contributed by atoms with van der Waals surface area (Å²) in [5.74, 6) is -0.851. The Kier molecular flexibility index (Phi) is 4.74. The summed E-state index contributed by atoms with van der Waals surface area (Å²) in [6.07, 6.45) is 0.939. The van der Waals surface area contributed by atoms with E-state index in [0.717, 1.165) is 30.0 Å². The van der Waals surface area contributed by atoms with Gasteiger partial charge in [0.05, 0.1) is 0 Å². The molecule has 0 saturated heterocycles. The van der Waals surface area contributed by atoms with E-state index in [1.807, 2.05) is 6.92 Å². The van der Waals surface area contributed by atoms with E-state index < -0.39 is 5.97 Å². The van der Waals surface area contributed by atoms with Gasteiger partial charge in [0.1, 0.15) is 4.88 Å². The first-order valence-electron chi connectivity index (χ1n) is 4.88. The van der Waals surface area contributed by atoms with Crippen LogP contribution in [0.25, 0.3) is 0 Å². The van der Waals surface area contributed by atoms with E-state index in [-0.39, 0.29) is 0 Å². The number of rotatable bonds is 6. The summed E-state index contributed by atoms with van der Waals surface area (Å²) >= 11 is 1.32. The zero-order chi connectivity index (χ0) is 11.3. The van der Waals surface area contributed by atoms with Crippen molar-refractivity contribution in [1.29, 1.82) is 0 Å². The van der Waals surface area contributed by atoms with Gasteiger partial charge in [-0.2, -0.15) is 0 Å². The molecule has 0 aromatic carbocycles. The normalized spacial score (nSPS) is 10.5. The van der Waals surface area contributed by atoms with Gasteiger partial charge in [0.2, 0.25) is 0 Å². The molecule has 0 bridgehead atoms. The van der Waals surface area contributed by atoms with Crippen LogP contribution in [0.5, 0.6) is 0 Å². The number of carbonyl (C=O) groups is 1. The Hall–Kier alpha value is -0.910. The molecule has 0 aliphatic carbocycles. The monoisotopic (exact) mass is 228 g/mol. The summed E-state index contributed by atoms with van der Waals surface area (Å²) in [4.78, 5) is 12.2. The van der Waals surface area contributed by atoms with Gasteiger partial charge in [-0.3, -0.25) is 0 Å². The van der Waals surface area contributed by atoms with E-state index in [9.17, 15) is 4.79 Å². The first-order chi connectivity index (χ1) is 7.15. The van der Waals surface area contributed by atoms with Gasteiger partial charge in [0.15, 0.2) is 0 Å². The summed E-state index contributed by atoms with van der Waals surface area (Å²) in [6.45, 7) is 4.21. The summed E-state index contributed by atoms with van der Waals surface area (Å²) in [7, 11) is 0. The molecule has 4 N–H and O–H groups in total. The third-order valence-electron chi connectivity index (χ3n) is 2.10. The fourth-order valence-corrected chi connectivity index (χ4v) is 2.13. The van der Waals surface area contributed by atoms with Crippen LogP contribution in [0, 0.1) is 6.92 Å². The van der Waals surface area contributed by atoms with E-state index in [1.54, 1.807) is 6.07 Å². The lowest BCUT2D eigenvalue weighted by molar-refractivity contribution is 0.0702. The Morgan fingerprint density at radius 2 is 2.40 bits per heavy atom. The third kappa shape index (κ3) is 3.62. The Morgan fingerprint density at radius 1 is 1.67 bits per heavy atom. The molecule has 1 rings (SSSR count). The van der Waals surface area contributed by atoms with Crippen molar-refractivity contribution in [3.63, 3.8) is 0 Å². The number of thiophene rings is 1. The van der Waals surface area contributed by atoms with Crippen molar-refractivity contribution in [3.8, 4) is 0 Å². The average Bonchev–Trinajstić information content (AvgIpc) is 2.55. The summed E-state index contributed by atoms with van der Waals surface area (Å²) in [5, 5.41) is 12.0. The molecule has 4 nitrogen and oxygen atoms in total. The average molecular weight is 228 g/mol. The molecule has 0 saturated carbocycles. The molecule has 0 unspecified atom stereocenters. The molecule has 0 atom stereocenters. The van der Waals surface area contributed by atoms with Crippen LogP contribution in [0.4, 0.5) is 0 Å². The minimum atomic E-state index is -0.851. The van der Waals surface area contributed by atoms with Crippen molar-refractivity contribution in [1.82, 2.24) is 5.32 Å². The third-order valence-corrected chi connectivity index (χ3v) is 3.19. The standard InChI is InChI=1S/C10H16N2O2S/c1-7-8(6-12-4-2-3-11)5-9(15-7)10(13)14/h5,12H,2-4,6,11H2,1H3,(H,13,14). The molecule has 1 aromatic rings. The van der Waals surface area contributed by atoms with Crippen molar-refractivity contribution >= 4 is 17.3 Å². The van der Waals surface area contributed by atoms with E-state index >= 15 is 0 Å². The van der Waals surface area contributed by atoms with Crippen molar-refractivity contribution in [2.24, 2.45) is 5.73 Å². The van der Waals surface area contributed by atoms with Crippen LogP contribution in [-0.2, 0) is 6.54 Å². The number of aromatic carboxylic acids is 1. The molecule has 1 heterocycles. The predicted octanol–water partition coefficient (Wildman–Crippen LogP) is 1.19. The van der Waals surface area contributed by atoms with Crippen LogP contribution in [0.15, 0.2) is 6.07 Å². The van der Waals surface area contributed by atoms with E-state index in [1.165, 1.54) is 11.3 Å². The lowest BCUT2D eigenvalue weighted by atomic mass is 10.2. The minimum Gasteiger partial charge on any atom is -0.477 e. The number of hydrogen-bond donors (Lipinski definition) is 3. The fraction of sp³-hybridized carbons (Fsp3) is 0.500. The van der Waals surface area contributed by atoms with Crippen LogP contribution in [0.2, 0.25) is 0 Å². The Morgan fingerprint density at radius 3 is 2.93 bits per heavy atom. The van der Waals surface area contributed by atoms with Gasteiger partial charge in [-0.05, 0) is 38.1 Å². The number of aryl methyl sites for hydroxylation is 1. The molecule has 15 heavy (non-hydrogen) atoms. The molecule has 0 aliphatic heterocycles. The van der Waals surface area contributed by atoms with Gasteiger partial charge in [-0.25, -0.2) is 4.79 Å². The molecule has 5 heteroatoms. The van der Waals surface area contributed by atoms with Crippen molar-refractivity contribution in [2.75, 3.05) is 13.1 Å². The highest BCUT2D eigenvalue weighted by Gasteiger charge is 2.10. The number of carboxylic acid groups (broad SMARTS) is 1. The minimum absolute atomic E-state index is 0.406. The molecular formula is C10H16N2O2S. The number of nitrogens with two attached hydrogens (primary N) is 1. The summed E-state index contributed by atoms with van der Waals surface area (Å²) in [5.41, 5.74) is 6.43. The highest BCUT2D eigenvalue weighted by atomic mass is 32.1. The maximum atomic E-state index is 10.7. The number of hydrogen-bond acceptors (Lipinski definition) is 4. The highest BCUT2D eigenvalue weighted by molar-refractivity contribution is 7.14. The van der Waals surface area contributed by atoms with Crippen LogP contribution in [-0.4, -0.2) is 24.2 Å². The molecule has 84 valence electrons. The van der Waals surface area contributed by atoms with Crippen LogP contribution >= 0.6 is 11.3 Å². The number of nitrogens with one attached hydrogen (secondary N) is 1. The lowest BCUT2D eigenvalue weighted by Gasteiger charge is -2.02. The highest BCUT2D eigenvalue weighted by Crippen LogP contribution is 2.21. The van der Waals surface area contributed by atoms with Crippen LogP contribution < -0.4 is 11.1 Å². The molecule has 0 aliphatic rings. The Bertz CT molecular complexity index is 336. The molecule has 0 radical (unpaired) electrons. The van der Waals surface area contributed by atoms with Gasteiger partial charge in [0, 0.05) is 11.4 Å². The topological polar surface area (TPSA) is 75.3 Å².